The predicted octanol–water partition coefficient (Wildman–Crippen LogP) is 3.39. The van der Waals surface area contributed by atoms with Crippen LogP contribution in [0.25, 0.3) is 0 Å². The van der Waals surface area contributed by atoms with Crippen LogP contribution in [0.3, 0.4) is 0 Å². The van der Waals surface area contributed by atoms with Crippen LogP contribution in [-0.2, 0) is 0 Å². The van der Waals surface area contributed by atoms with E-state index in [4.69, 9.17) is 6.42 Å². The second kappa shape index (κ2) is 15.7. The van der Waals surface area contributed by atoms with Crippen molar-refractivity contribution < 1.29 is 0 Å². The molecule has 0 rings (SSSR count). The van der Waals surface area contributed by atoms with Crippen molar-refractivity contribution in [3.8, 4) is 12.3 Å². The van der Waals surface area contributed by atoms with Gasteiger partial charge in [-0.15, -0.1) is 18.9 Å². The summed E-state index contributed by atoms with van der Waals surface area (Å²) in [6, 6.07) is 0. The number of hydrogen-bond acceptors (Lipinski definition) is 0. The Morgan fingerprint density at radius 3 is 2.30 bits per heavy atom. The van der Waals surface area contributed by atoms with Crippen molar-refractivity contribution in [1.29, 1.82) is 0 Å². The van der Waals surface area contributed by atoms with E-state index in [-0.39, 0.29) is 0 Å². The molecule has 0 atom stereocenters. The molecular weight excluding hydrogens is 120 g/mol. The first kappa shape index (κ1) is 12.0. The molecule has 0 heteroatoms. The molecule has 0 aromatic rings. The summed E-state index contributed by atoms with van der Waals surface area (Å²) in [7, 11) is 0. The smallest absolute Gasteiger partial charge is 0.00860 e. The zero-order valence-corrected chi connectivity index (χ0v) is 7.19. The van der Waals surface area contributed by atoms with Crippen LogP contribution in [0.4, 0.5) is 0 Å². The largest absolute Gasteiger partial charge is 0.120 e. The molecule has 0 N–H and O–H groups in total. The lowest BCUT2D eigenvalue weighted by atomic mass is 10.2. The molecule has 0 amide bonds. The fourth-order valence-electron chi connectivity index (χ4n) is 0.477. The fourth-order valence-corrected chi connectivity index (χ4v) is 0.477. The number of rotatable bonds is 3. The normalized spacial score (nSPS) is 6.90. The summed E-state index contributed by atoms with van der Waals surface area (Å²) in [6.45, 7) is 7.43. The first-order valence-corrected chi connectivity index (χ1v) is 3.83. The topological polar surface area (TPSA) is 0 Å². The predicted molar refractivity (Wildman–Crippen MR) is 48.8 cm³/mol. The molecule has 0 aromatic heterocycles. The molecule has 0 fully saturated rings. The third-order valence-corrected chi connectivity index (χ3v) is 0.925. The van der Waals surface area contributed by atoms with Crippen molar-refractivity contribution in [3.63, 3.8) is 0 Å². The van der Waals surface area contributed by atoms with E-state index in [1.807, 2.05) is 6.92 Å². The highest BCUT2D eigenvalue weighted by Crippen LogP contribution is 1.95. The highest BCUT2D eigenvalue weighted by atomic mass is 13.8. The molecule has 0 aliphatic heterocycles. The molecule has 0 saturated heterocycles. The first-order chi connectivity index (χ1) is 4.83. The SMILES string of the molecule is C#CCCCCC.C=CC. The Bertz CT molecular complexity index is 84.7. The minimum absolute atomic E-state index is 0.952. The van der Waals surface area contributed by atoms with Gasteiger partial charge in [-0.2, -0.15) is 0 Å². The zero-order chi connectivity index (χ0) is 8.24. The molecule has 0 spiro atoms. The van der Waals surface area contributed by atoms with Crippen molar-refractivity contribution in [3.05, 3.63) is 12.7 Å². The van der Waals surface area contributed by atoms with Gasteiger partial charge in [0.1, 0.15) is 0 Å². The Labute approximate surface area is 65.3 Å². The maximum atomic E-state index is 5.02. The molecule has 0 radical (unpaired) electrons. The van der Waals surface area contributed by atoms with Gasteiger partial charge in [0.15, 0.2) is 0 Å². The summed E-state index contributed by atoms with van der Waals surface area (Å²) in [6.07, 6.45) is 11.5. The van der Waals surface area contributed by atoms with Gasteiger partial charge in [0.2, 0.25) is 0 Å². The quantitative estimate of drug-likeness (QED) is 0.318. The van der Waals surface area contributed by atoms with Crippen LogP contribution in [0, 0.1) is 12.3 Å². The van der Waals surface area contributed by atoms with Crippen molar-refractivity contribution in [2.24, 2.45) is 0 Å². The minimum Gasteiger partial charge on any atom is -0.120 e. The Hall–Kier alpha value is -0.700. The molecular formula is C10H18. The van der Waals surface area contributed by atoms with Gasteiger partial charge in [-0.05, 0) is 13.3 Å². The van der Waals surface area contributed by atoms with Crippen molar-refractivity contribution in [2.75, 3.05) is 0 Å². The monoisotopic (exact) mass is 138 g/mol. The van der Waals surface area contributed by atoms with Crippen LogP contribution < -0.4 is 0 Å². The van der Waals surface area contributed by atoms with Crippen molar-refractivity contribution in [2.45, 2.75) is 39.5 Å². The van der Waals surface area contributed by atoms with E-state index >= 15 is 0 Å². The molecule has 0 bridgehead atoms. The van der Waals surface area contributed by atoms with Crippen LogP contribution in [-0.4, -0.2) is 0 Å². The summed E-state index contributed by atoms with van der Waals surface area (Å²) >= 11 is 0. The molecule has 0 nitrogen and oxygen atoms in total. The second-order valence-electron chi connectivity index (χ2n) is 2.07. The van der Waals surface area contributed by atoms with Gasteiger partial charge in [-0.25, -0.2) is 0 Å². The van der Waals surface area contributed by atoms with E-state index in [0.717, 1.165) is 6.42 Å². The van der Waals surface area contributed by atoms with Crippen LogP contribution in [0.5, 0.6) is 0 Å². The number of terminal acetylenes is 1. The van der Waals surface area contributed by atoms with Gasteiger partial charge < -0.3 is 0 Å². The molecule has 0 aliphatic rings. The lowest BCUT2D eigenvalue weighted by molar-refractivity contribution is 0.737. The summed E-state index contributed by atoms with van der Waals surface area (Å²) in [4.78, 5) is 0. The maximum absolute atomic E-state index is 5.02. The number of hydrogen-bond donors (Lipinski definition) is 0. The average Bonchev–Trinajstić information content (AvgIpc) is 1.91. The minimum atomic E-state index is 0.952. The van der Waals surface area contributed by atoms with Crippen molar-refractivity contribution in [1.82, 2.24) is 0 Å². The van der Waals surface area contributed by atoms with E-state index in [1.54, 1.807) is 6.08 Å². The summed E-state index contributed by atoms with van der Waals surface area (Å²) in [5, 5.41) is 0. The highest BCUT2D eigenvalue weighted by molar-refractivity contribution is 4.82. The van der Waals surface area contributed by atoms with Gasteiger partial charge >= 0.3 is 0 Å². The Balaban J connectivity index is 0. The van der Waals surface area contributed by atoms with Gasteiger partial charge in [-0.3, -0.25) is 0 Å². The first-order valence-electron chi connectivity index (χ1n) is 3.83. The molecule has 0 saturated carbocycles. The van der Waals surface area contributed by atoms with Crippen LogP contribution >= 0.6 is 0 Å². The fraction of sp³-hybridized carbons (Fsp3) is 0.600. The van der Waals surface area contributed by atoms with E-state index < -0.39 is 0 Å². The zero-order valence-electron chi connectivity index (χ0n) is 7.19. The second-order valence-corrected chi connectivity index (χ2v) is 2.07. The third-order valence-electron chi connectivity index (χ3n) is 0.925. The standard InChI is InChI=1S/C7H12.C3H6/c1-3-5-7-6-4-2;1-3-2/h1H,4-7H2,2H3;3H,1H2,2H3. The van der Waals surface area contributed by atoms with Crippen LogP contribution in [0.1, 0.15) is 39.5 Å². The highest BCUT2D eigenvalue weighted by Gasteiger charge is 1.77. The molecule has 10 heavy (non-hydrogen) atoms. The Morgan fingerprint density at radius 2 is 2.00 bits per heavy atom. The van der Waals surface area contributed by atoms with E-state index in [2.05, 4.69) is 19.4 Å². The lowest BCUT2D eigenvalue weighted by Crippen LogP contribution is -1.68. The Kier molecular flexibility index (Phi) is 18.9. The third kappa shape index (κ3) is 26.6. The number of unbranched alkanes of at least 4 members (excludes halogenated alkanes) is 3. The molecule has 0 aromatic carbocycles. The molecule has 58 valence electrons. The van der Waals surface area contributed by atoms with Crippen molar-refractivity contribution >= 4 is 0 Å². The van der Waals surface area contributed by atoms with Gasteiger partial charge in [0.25, 0.3) is 0 Å². The summed E-state index contributed by atoms with van der Waals surface area (Å²) in [5.74, 6) is 2.60. The van der Waals surface area contributed by atoms with E-state index in [1.165, 1.54) is 19.3 Å². The average molecular weight is 138 g/mol. The molecule has 0 aliphatic carbocycles. The molecule has 0 unspecified atom stereocenters. The molecule has 0 heterocycles. The van der Waals surface area contributed by atoms with E-state index in [9.17, 15) is 0 Å². The van der Waals surface area contributed by atoms with E-state index in [0.29, 0.717) is 0 Å². The summed E-state index contributed by atoms with van der Waals surface area (Å²) < 4.78 is 0. The van der Waals surface area contributed by atoms with Gasteiger partial charge in [-0.1, -0.05) is 25.8 Å². The number of allylic oxidation sites excluding steroid dienone is 1. The van der Waals surface area contributed by atoms with Gasteiger partial charge in [0.05, 0.1) is 0 Å². The van der Waals surface area contributed by atoms with Crippen LogP contribution in [0.2, 0.25) is 0 Å². The van der Waals surface area contributed by atoms with Gasteiger partial charge in [0, 0.05) is 6.42 Å². The van der Waals surface area contributed by atoms with Crippen LogP contribution in [0.15, 0.2) is 12.7 Å². The lowest BCUT2D eigenvalue weighted by Gasteiger charge is -1.86. The Morgan fingerprint density at radius 1 is 1.50 bits per heavy atom. The maximum Gasteiger partial charge on any atom is 0.00860 e. The summed E-state index contributed by atoms with van der Waals surface area (Å²) in [5.41, 5.74) is 0.